The van der Waals surface area contributed by atoms with Gasteiger partial charge in [0.25, 0.3) is 5.91 Å². The highest BCUT2D eigenvalue weighted by Crippen LogP contribution is 2.27. The van der Waals surface area contributed by atoms with Gasteiger partial charge in [0.15, 0.2) is 0 Å². The topological polar surface area (TPSA) is 68.8 Å². The van der Waals surface area contributed by atoms with Gasteiger partial charge < -0.3 is 9.47 Å². The highest BCUT2D eigenvalue weighted by Gasteiger charge is 2.30. The molecule has 4 heterocycles. The first-order chi connectivity index (χ1) is 11.2. The summed E-state index contributed by atoms with van der Waals surface area (Å²) >= 11 is 1.54. The molecule has 1 aliphatic heterocycles. The number of hydrogen-bond donors (Lipinski definition) is 0. The van der Waals surface area contributed by atoms with Gasteiger partial charge in [-0.1, -0.05) is 0 Å². The number of thiophene rings is 1. The second-order valence-electron chi connectivity index (χ2n) is 5.54. The summed E-state index contributed by atoms with van der Waals surface area (Å²) in [7, 11) is 0. The van der Waals surface area contributed by atoms with Crippen LogP contribution < -0.4 is 0 Å². The highest BCUT2D eigenvalue weighted by atomic mass is 32.1. The fraction of sp³-hybridized carbons (Fsp3) is 0.333. The molecule has 0 saturated heterocycles. The molecule has 0 spiro atoms. The monoisotopic (exact) mass is 328 g/mol. The van der Waals surface area contributed by atoms with Gasteiger partial charge in [0.2, 0.25) is 0 Å². The molecule has 0 N–H and O–H groups in total. The molecule has 0 saturated carbocycles. The standard InChI is InChI=1S/C15H16N6OS/c1-11-14-17-6-13(7-19-10-16-9-18-19)21(14)4-3-20(11)15(22)12-2-5-23-8-12/h2,5-6,8-11H,3-4,7H2,1H3/t11-/m0/s1. The van der Waals surface area contributed by atoms with Crippen LogP contribution in [-0.4, -0.2) is 41.7 Å². The lowest BCUT2D eigenvalue weighted by molar-refractivity contribution is 0.0636. The van der Waals surface area contributed by atoms with Crippen molar-refractivity contribution in [2.45, 2.75) is 26.1 Å². The third-order valence-electron chi connectivity index (χ3n) is 4.19. The Bertz CT molecular complexity index is 807. The first kappa shape index (κ1) is 14.1. The number of aromatic nitrogens is 5. The maximum atomic E-state index is 12.6. The van der Waals surface area contributed by atoms with Crippen molar-refractivity contribution < 1.29 is 4.79 Å². The van der Waals surface area contributed by atoms with Gasteiger partial charge in [-0.2, -0.15) is 16.4 Å². The summed E-state index contributed by atoms with van der Waals surface area (Å²) in [6.07, 6.45) is 5.09. The molecule has 1 aliphatic rings. The summed E-state index contributed by atoms with van der Waals surface area (Å²) in [5, 5.41) is 7.96. The molecule has 0 fully saturated rings. The van der Waals surface area contributed by atoms with Gasteiger partial charge in [0, 0.05) is 18.5 Å². The fourth-order valence-corrected chi connectivity index (χ4v) is 3.63. The molecule has 0 aromatic carbocycles. The second kappa shape index (κ2) is 5.62. The lowest BCUT2D eigenvalue weighted by Gasteiger charge is -2.34. The third kappa shape index (κ3) is 2.44. The van der Waals surface area contributed by atoms with Crippen molar-refractivity contribution in [1.29, 1.82) is 0 Å². The Kier molecular flexibility index (Phi) is 3.45. The van der Waals surface area contributed by atoms with Crippen molar-refractivity contribution >= 4 is 17.2 Å². The van der Waals surface area contributed by atoms with E-state index in [1.54, 1.807) is 22.3 Å². The summed E-state index contributed by atoms with van der Waals surface area (Å²) < 4.78 is 3.96. The van der Waals surface area contributed by atoms with Crippen molar-refractivity contribution in [2.75, 3.05) is 6.54 Å². The van der Waals surface area contributed by atoms with Crippen molar-refractivity contribution in [1.82, 2.24) is 29.2 Å². The Labute approximate surface area is 137 Å². The van der Waals surface area contributed by atoms with Gasteiger partial charge in [-0.3, -0.25) is 4.79 Å². The molecule has 4 rings (SSSR count). The molecule has 1 amide bonds. The Morgan fingerprint density at radius 1 is 1.43 bits per heavy atom. The van der Waals surface area contributed by atoms with E-state index in [1.807, 2.05) is 34.8 Å². The predicted molar refractivity (Wildman–Crippen MR) is 85.1 cm³/mol. The van der Waals surface area contributed by atoms with Crippen LogP contribution in [0.15, 0.2) is 35.7 Å². The quantitative estimate of drug-likeness (QED) is 0.735. The predicted octanol–water partition coefficient (Wildman–Crippen LogP) is 1.80. The van der Waals surface area contributed by atoms with Gasteiger partial charge in [-0.25, -0.2) is 14.6 Å². The van der Waals surface area contributed by atoms with Crippen molar-refractivity contribution in [3.05, 3.63) is 52.8 Å². The number of nitrogens with zero attached hydrogens (tertiary/aromatic N) is 6. The smallest absolute Gasteiger partial charge is 0.255 e. The minimum atomic E-state index is -0.0411. The molecule has 3 aromatic heterocycles. The maximum Gasteiger partial charge on any atom is 0.255 e. The van der Waals surface area contributed by atoms with Gasteiger partial charge >= 0.3 is 0 Å². The van der Waals surface area contributed by atoms with E-state index in [0.29, 0.717) is 13.1 Å². The number of imidazole rings is 1. The van der Waals surface area contributed by atoms with Crippen LogP contribution in [0.25, 0.3) is 0 Å². The normalized spacial score (nSPS) is 17.3. The molecule has 8 heteroatoms. The number of rotatable bonds is 3. The van der Waals surface area contributed by atoms with Gasteiger partial charge in [0.05, 0.1) is 30.0 Å². The second-order valence-corrected chi connectivity index (χ2v) is 6.32. The van der Waals surface area contributed by atoms with Gasteiger partial charge in [0.1, 0.15) is 18.5 Å². The van der Waals surface area contributed by atoms with Crippen LogP contribution in [-0.2, 0) is 13.1 Å². The summed E-state index contributed by atoms with van der Waals surface area (Å²) in [4.78, 5) is 23.0. The first-order valence-corrected chi connectivity index (χ1v) is 8.38. The Hall–Kier alpha value is -2.48. The minimum Gasteiger partial charge on any atom is -0.327 e. The van der Waals surface area contributed by atoms with Crippen LogP contribution in [0.3, 0.4) is 0 Å². The molecule has 118 valence electrons. The Morgan fingerprint density at radius 2 is 2.35 bits per heavy atom. The molecule has 1 atom stereocenters. The van der Waals surface area contributed by atoms with Crippen LogP contribution in [0.4, 0.5) is 0 Å². The summed E-state index contributed by atoms with van der Waals surface area (Å²) in [6.45, 7) is 4.10. The van der Waals surface area contributed by atoms with Crippen LogP contribution in [0.1, 0.15) is 34.8 Å². The zero-order chi connectivity index (χ0) is 15.8. The van der Waals surface area contributed by atoms with E-state index < -0.39 is 0 Å². The SMILES string of the molecule is C[C@H]1c2ncc(Cn3cncn3)n2CCN1C(=O)c1ccsc1. The minimum absolute atomic E-state index is 0.0411. The molecule has 7 nitrogen and oxygen atoms in total. The Morgan fingerprint density at radius 3 is 3.09 bits per heavy atom. The first-order valence-electron chi connectivity index (χ1n) is 7.44. The summed E-state index contributed by atoms with van der Waals surface area (Å²) in [5.41, 5.74) is 1.84. The summed E-state index contributed by atoms with van der Waals surface area (Å²) in [5.74, 6) is 1.00. The van der Waals surface area contributed by atoms with E-state index in [4.69, 9.17) is 0 Å². The lowest BCUT2D eigenvalue weighted by atomic mass is 10.1. The Balaban J connectivity index is 1.59. The number of amides is 1. The zero-order valence-electron chi connectivity index (χ0n) is 12.7. The van der Waals surface area contributed by atoms with Crippen molar-refractivity contribution in [2.24, 2.45) is 0 Å². The number of fused-ring (bicyclic) bond motifs is 1. The molecule has 0 bridgehead atoms. The third-order valence-corrected chi connectivity index (χ3v) is 4.88. The van der Waals surface area contributed by atoms with E-state index in [0.717, 1.165) is 23.6 Å². The van der Waals surface area contributed by atoms with Crippen LogP contribution in [0, 0.1) is 0 Å². The number of hydrogen-bond acceptors (Lipinski definition) is 5. The molecular weight excluding hydrogens is 312 g/mol. The zero-order valence-corrected chi connectivity index (χ0v) is 13.5. The van der Waals surface area contributed by atoms with E-state index in [9.17, 15) is 4.79 Å². The largest absolute Gasteiger partial charge is 0.327 e. The fourth-order valence-electron chi connectivity index (χ4n) is 3.00. The van der Waals surface area contributed by atoms with Crippen molar-refractivity contribution in [3.8, 4) is 0 Å². The van der Waals surface area contributed by atoms with Gasteiger partial charge in [-0.05, 0) is 18.4 Å². The summed E-state index contributed by atoms with van der Waals surface area (Å²) in [6, 6.07) is 1.83. The van der Waals surface area contributed by atoms with E-state index in [1.165, 1.54) is 6.33 Å². The molecule has 0 radical (unpaired) electrons. The molecule has 0 aliphatic carbocycles. The molecular formula is C15H16N6OS. The average molecular weight is 328 g/mol. The molecule has 3 aromatic rings. The van der Waals surface area contributed by atoms with Crippen LogP contribution in [0.2, 0.25) is 0 Å². The van der Waals surface area contributed by atoms with Crippen LogP contribution in [0.5, 0.6) is 0 Å². The molecule has 23 heavy (non-hydrogen) atoms. The average Bonchev–Trinajstić information content (AvgIpc) is 3.30. The lowest BCUT2D eigenvalue weighted by Crippen LogP contribution is -2.41. The molecule has 0 unspecified atom stereocenters. The van der Waals surface area contributed by atoms with Gasteiger partial charge in [-0.15, -0.1) is 0 Å². The van der Waals surface area contributed by atoms with Crippen LogP contribution >= 0.6 is 11.3 Å². The number of carbonyl (C=O) groups excluding carboxylic acids is 1. The van der Waals surface area contributed by atoms with Crippen molar-refractivity contribution in [3.63, 3.8) is 0 Å². The van der Waals surface area contributed by atoms with E-state index >= 15 is 0 Å². The number of carbonyl (C=O) groups is 1. The van der Waals surface area contributed by atoms with E-state index in [2.05, 4.69) is 19.6 Å². The maximum absolute atomic E-state index is 12.6. The van der Waals surface area contributed by atoms with E-state index in [-0.39, 0.29) is 11.9 Å². The highest BCUT2D eigenvalue weighted by molar-refractivity contribution is 7.08.